The van der Waals surface area contributed by atoms with Crippen LogP contribution in [-0.4, -0.2) is 37.1 Å². The highest BCUT2D eigenvalue weighted by Gasteiger charge is 2.22. The molecule has 1 saturated heterocycles. The van der Waals surface area contributed by atoms with Gasteiger partial charge in [0.05, 0.1) is 12.9 Å². The molecule has 0 spiro atoms. The Labute approximate surface area is 119 Å². The van der Waals surface area contributed by atoms with Gasteiger partial charge in [-0.3, -0.25) is 4.79 Å². The van der Waals surface area contributed by atoms with Gasteiger partial charge in [-0.25, -0.2) is 0 Å². The standard InChI is InChI=1S/C16H19NO3/c1-2-10-19-13-14-5-3-9-17(12-14)16(18)8-7-15-6-4-11-20-15/h1,4,6-8,11,14H,3,5,9-10,12-13H2. The molecule has 1 aromatic rings. The van der Waals surface area contributed by atoms with Gasteiger partial charge in [0.15, 0.2) is 0 Å². The fraction of sp³-hybridized carbons (Fsp3) is 0.438. The zero-order valence-corrected chi connectivity index (χ0v) is 11.5. The lowest BCUT2D eigenvalue weighted by Crippen LogP contribution is -2.40. The first-order valence-corrected chi connectivity index (χ1v) is 6.81. The van der Waals surface area contributed by atoms with Gasteiger partial charge >= 0.3 is 0 Å². The number of ether oxygens (including phenoxy) is 1. The number of carbonyl (C=O) groups is 1. The van der Waals surface area contributed by atoms with Gasteiger partial charge in [0.2, 0.25) is 5.91 Å². The smallest absolute Gasteiger partial charge is 0.246 e. The van der Waals surface area contributed by atoms with Gasteiger partial charge in [0.25, 0.3) is 0 Å². The number of carbonyl (C=O) groups excluding carboxylic acids is 1. The summed E-state index contributed by atoms with van der Waals surface area (Å²) in [5.41, 5.74) is 0. The molecule has 1 unspecified atom stereocenters. The topological polar surface area (TPSA) is 42.7 Å². The highest BCUT2D eigenvalue weighted by molar-refractivity contribution is 5.91. The SMILES string of the molecule is C#CCOCC1CCCN(C(=O)C=Cc2ccco2)C1. The number of terminal acetylenes is 1. The Balaban J connectivity index is 1.82. The van der Waals surface area contributed by atoms with Crippen molar-refractivity contribution < 1.29 is 13.9 Å². The van der Waals surface area contributed by atoms with Crippen LogP contribution in [0.2, 0.25) is 0 Å². The minimum atomic E-state index is 0.0167. The van der Waals surface area contributed by atoms with E-state index >= 15 is 0 Å². The average molecular weight is 273 g/mol. The molecule has 2 heterocycles. The normalized spacial score (nSPS) is 19.1. The largest absolute Gasteiger partial charge is 0.465 e. The molecule has 0 saturated carbocycles. The van der Waals surface area contributed by atoms with Crippen molar-refractivity contribution >= 4 is 12.0 Å². The first-order valence-electron chi connectivity index (χ1n) is 6.81. The lowest BCUT2D eigenvalue weighted by Gasteiger charge is -2.31. The summed E-state index contributed by atoms with van der Waals surface area (Å²) in [4.78, 5) is 13.9. The molecule has 0 aliphatic carbocycles. The third kappa shape index (κ3) is 4.29. The van der Waals surface area contributed by atoms with Gasteiger partial charge in [-0.15, -0.1) is 6.42 Å². The van der Waals surface area contributed by atoms with Crippen LogP contribution >= 0.6 is 0 Å². The van der Waals surface area contributed by atoms with Gasteiger partial charge in [-0.05, 0) is 31.1 Å². The number of likely N-dealkylation sites (tertiary alicyclic amines) is 1. The number of nitrogens with zero attached hydrogens (tertiary/aromatic N) is 1. The van der Waals surface area contributed by atoms with Crippen LogP contribution in [0.1, 0.15) is 18.6 Å². The van der Waals surface area contributed by atoms with Crippen molar-refractivity contribution in [3.63, 3.8) is 0 Å². The molecule has 0 aromatic carbocycles. The Bertz CT molecular complexity index is 484. The van der Waals surface area contributed by atoms with Gasteiger partial charge in [0.1, 0.15) is 12.4 Å². The Morgan fingerprint density at radius 1 is 1.65 bits per heavy atom. The van der Waals surface area contributed by atoms with Crippen LogP contribution in [0.3, 0.4) is 0 Å². The molecule has 1 aromatic heterocycles. The van der Waals surface area contributed by atoms with Gasteiger partial charge in [-0.2, -0.15) is 0 Å². The zero-order valence-electron chi connectivity index (χ0n) is 11.5. The van der Waals surface area contributed by atoms with Gasteiger partial charge in [0, 0.05) is 25.1 Å². The van der Waals surface area contributed by atoms with Crippen molar-refractivity contribution in [1.82, 2.24) is 4.90 Å². The summed E-state index contributed by atoms with van der Waals surface area (Å²) in [6, 6.07) is 3.61. The first kappa shape index (κ1) is 14.4. The summed E-state index contributed by atoms with van der Waals surface area (Å²) in [6.07, 6.45) is 12.1. The summed E-state index contributed by atoms with van der Waals surface area (Å²) in [5.74, 6) is 3.53. The second kappa shape index (κ2) is 7.56. The molecular formula is C16H19NO3. The highest BCUT2D eigenvalue weighted by Crippen LogP contribution is 2.17. The summed E-state index contributed by atoms with van der Waals surface area (Å²) >= 11 is 0. The second-order valence-corrected chi connectivity index (χ2v) is 4.86. The van der Waals surface area contributed by atoms with Crippen LogP contribution < -0.4 is 0 Å². The average Bonchev–Trinajstić information content (AvgIpc) is 2.99. The van der Waals surface area contributed by atoms with Crippen LogP contribution in [0.25, 0.3) is 6.08 Å². The Kier molecular flexibility index (Phi) is 5.45. The highest BCUT2D eigenvalue weighted by atomic mass is 16.5. The van der Waals surface area contributed by atoms with Crippen LogP contribution in [0.15, 0.2) is 28.9 Å². The molecular weight excluding hydrogens is 254 g/mol. The van der Waals surface area contributed by atoms with Gasteiger partial charge < -0.3 is 14.1 Å². The van der Waals surface area contributed by atoms with Crippen LogP contribution in [0.4, 0.5) is 0 Å². The van der Waals surface area contributed by atoms with E-state index in [0.29, 0.717) is 24.9 Å². The number of piperidine rings is 1. The predicted octanol–water partition coefficient (Wildman–Crippen LogP) is 2.18. The van der Waals surface area contributed by atoms with Crippen molar-refractivity contribution in [3.05, 3.63) is 30.2 Å². The zero-order chi connectivity index (χ0) is 14.2. The molecule has 0 radical (unpaired) electrons. The lowest BCUT2D eigenvalue weighted by molar-refractivity contribution is -0.128. The minimum Gasteiger partial charge on any atom is -0.465 e. The maximum atomic E-state index is 12.1. The fourth-order valence-corrected chi connectivity index (χ4v) is 2.33. The molecule has 1 atom stereocenters. The number of rotatable bonds is 5. The van der Waals surface area contributed by atoms with Crippen molar-refractivity contribution in [2.24, 2.45) is 5.92 Å². The lowest BCUT2D eigenvalue weighted by atomic mass is 9.99. The van der Waals surface area contributed by atoms with Crippen molar-refractivity contribution in [1.29, 1.82) is 0 Å². The monoisotopic (exact) mass is 273 g/mol. The quantitative estimate of drug-likeness (QED) is 0.469. The molecule has 1 aliphatic rings. The Morgan fingerprint density at radius 2 is 2.55 bits per heavy atom. The molecule has 4 nitrogen and oxygen atoms in total. The van der Waals surface area contributed by atoms with E-state index in [2.05, 4.69) is 5.92 Å². The summed E-state index contributed by atoms with van der Waals surface area (Å²) in [7, 11) is 0. The second-order valence-electron chi connectivity index (χ2n) is 4.86. The van der Waals surface area contributed by atoms with E-state index in [-0.39, 0.29) is 5.91 Å². The van der Waals surface area contributed by atoms with Crippen molar-refractivity contribution in [2.45, 2.75) is 12.8 Å². The van der Waals surface area contributed by atoms with E-state index in [9.17, 15) is 4.79 Å². The molecule has 2 rings (SSSR count). The minimum absolute atomic E-state index is 0.0167. The third-order valence-electron chi connectivity index (χ3n) is 3.30. The summed E-state index contributed by atoms with van der Waals surface area (Å²) in [6.45, 7) is 2.48. The summed E-state index contributed by atoms with van der Waals surface area (Å²) in [5, 5.41) is 0. The van der Waals surface area contributed by atoms with Crippen LogP contribution in [0, 0.1) is 18.3 Å². The van der Waals surface area contributed by atoms with Crippen LogP contribution in [-0.2, 0) is 9.53 Å². The number of hydrogen-bond donors (Lipinski definition) is 0. The maximum Gasteiger partial charge on any atom is 0.246 e. The van der Waals surface area contributed by atoms with Crippen molar-refractivity contribution in [2.75, 3.05) is 26.3 Å². The molecule has 1 aliphatic heterocycles. The number of hydrogen-bond acceptors (Lipinski definition) is 3. The Hall–Kier alpha value is -1.99. The third-order valence-corrected chi connectivity index (χ3v) is 3.30. The van der Waals surface area contributed by atoms with Gasteiger partial charge in [-0.1, -0.05) is 5.92 Å². The predicted molar refractivity (Wildman–Crippen MR) is 76.7 cm³/mol. The van der Waals surface area contributed by atoms with E-state index in [1.165, 1.54) is 0 Å². The molecule has 4 heteroatoms. The molecule has 1 fully saturated rings. The van der Waals surface area contributed by atoms with E-state index in [1.807, 2.05) is 11.0 Å². The molecule has 20 heavy (non-hydrogen) atoms. The van der Waals surface area contributed by atoms with E-state index in [1.54, 1.807) is 24.5 Å². The number of furan rings is 1. The van der Waals surface area contributed by atoms with E-state index in [4.69, 9.17) is 15.6 Å². The number of amides is 1. The molecule has 1 amide bonds. The molecule has 0 N–H and O–H groups in total. The Morgan fingerprint density at radius 3 is 3.30 bits per heavy atom. The summed E-state index contributed by atoms with van der Waals surface area (Å²) < 4.78 is 10.5. The first-order chi connectivity index (χ1) is 9.79. The van der Waals surface area contributed by atoms with Crippen LogP contribution in [0.5, 0.6) is 0 Å². The van der Waals surface area contributed by atoms with E-state index < -0.39 is 0 Å². The molecule has 0 bridgehead atoms. The maximum absolute atomic E-state index is 12.1. The van der Waals surface area contributed by atoms with E-state index in [0.717, 1.165) is 25.9 Å². The fourth-order valence-electron chi connectivity index (χ4n) is 2.33. The molecule has 106 valence electrons. The van der Waals surface area contributed by atoms with Crippen molar-refractivity contribution in [3.8, 4) is 12.3 Å².